The van der Waals surface area contributed by atoms with Gasteiger partial charge in [0.15, 0.2) is 0 Å². The average Bonchev–Trinajstić information content (AvgIpc) is 2.47. The van der Waals surface area contributed by atoms with Crippen LogP contribution in [0.4, 0.5) is 5.82 Å². The number of carbonyl (C=O) groups is 1. The summed E-state index contributed by atoms with van der Waals surface area (Å²) < 4.78 is 5.57. The Hall–Kier alpha value is -2.62. The Bertz CT molecular complexity index is 692. The lowest BCUT2D eigenvalue weighted by Gasteiger charge is -2.17. The standard InChI is InChI=1S/C16H14N2O2/c1-11-5-4-8-15(17-11)18-16(19)13-9-12-6-2-3-7-14(12)20-10-13/h2-9H,10H2,1H3,(H,17,18,19). The van der Waals surface area contributed by atoms with E-state index in [2.05, 4.69) is 10.3 Å². The molecule has 1 aromatic carbocycles. The average molecular weight is 266 g/mol. The van der Waals surface area contributed by atoms with Crippen molar-refractivity contribution in [3.8, 4) is 5.75 Å². The Labute approximate surface area is 117 Å². The molecule has 3 rings (SSSR count). The maximum absolute atomic E-state index is 12.2. The minimum Gasteiger partial charge on any atom is -0.488 e. The van der Waals surface area contributed by atoms with Gasteiger partial charge in [0.2, 0.25) is 0 Å². The molecule has 0 saturated carbocycles. The van der Waals surface area contributed by atoms with Gasteiger partial charge in [-0.05, 0) is 31.2 Å². The maximum Gasteiger partial charge on any atom is 0.256 e. The number of ether oxygens (including phenoxy) is 1. The third-order valence-electron chi connectivity index (χ3n) is 3.05. The van der Waals surface area contributed by atoms with Crippen LogP contribution in [0.1, 0.15) is 11.3 Å². The Balaban J connectivity index is 1.80. The van der Waals surface area contributed by atoms with Gasteiger partial charge in [-0.25, -0.2) is 4.98 Å². The highest BCUT2D eigenvalue weighted by Gasteiger charge is 2.17. The summed E-state index contributed by atoms with van der Waals surface area (Å²) in [6.07, 6.45) is 1.85. The summed E-state index contributed by atoms with van der Waals surface area (Å²) in [5.41, 5.74) is 2.37. The Kier molecular flexibility index (Phi) is 3.21. The Morgan fingerprint density at radius 2 is 2.05 bits per heavy atom. The number of pyridine rings is 1. The number of benzene rings is 1. The molecule has 0 saturated heterocycles. The molecule has 0 atom stereocenters. The molecule has 0 spiro atoms. The van der Waals surface area contributed by atoms with Crippen LogP contribution in [0.15, 0.2) is 48.0 Å². The van der Waals surface area contributed by atoms with Gasteiger partial charge in [-0.15, -0.1) is 0 Å². The van der Waals surface area contributed by atoms with E-state index in [0.717, 1.165) is 17.0 Å². The molecule has 1 aromatic heterocycles. The number of para-hydroxylation sites is 1. The maximum atomic E-state index is 12.2. The number of fused-ring (bicyclic) bond motifs is 1. The zero-order valence-electron chi connectivity index (χ0n) is 11.1. The number of hydrogen-bond acceptors (Lipinski definition) is 3. The van der Waals surface area contributed by atoms with E-state index in [9.17, 15) is 4.79 Å². The van der Waals surface area contributed by atoms with Crippen molar-refractivity contribution in [3.05, 3.63) is 59.3 Å². The summed E-state index contributed by atoms with van der Waals surface area (Å²) in [6, 6.07) is 13.2. The molecule has 0 unspecified atom stereocenters. The van der Waals surface area contributed by atoms with Gasteiger partial charge in [0.05, 0.1) is 5.57 Å². The van der Waals surface area contributed by atoms with E-state index in [4.69, 9.17) is 4.74 Å². The molecule has 4 heteroatoms. The van der Waals surface area contributed by atoms with Gasteiger partial charge < -0.3 is 10.1 Å². The molecule has 2 aromatic rings. The molecule has 1 N–H and O–H groups in total. The van der Waals surface area contributed by atoms with Gasteiger partial charge in [0.1, 0.15) is 18.2 Å². The van der Waals surface area contributed by atoms with Crippen molar-refractivity contribution in [1.29, 1.82) is 0 Å². The number of rotatable bonds is 2. The van der Waals surface area contributed by atoms with Crippen molar-refractivity contribution < 1.29 is 9.53 Å². The smallest absolute Gasteiger partial charge is 0.256 e. The van der Waals surface area contributed by atoms with Crippen molar-refractivity contribution in [2.75, 3.05) is 11.9 Å². The fourth-order valence-corrected chi connectivity index (χ4v) is 2.06. The second-order valence-corrected chi connectivity index (χ2v) is 4.61. The molecule has 1 aliphatic rings. The zero-order valence-corrected chi connectivity index (χ0v) is 11.1. The number of nitrogens with one attached hydrogen (secondary N) is 1. The number of amides is 1. The molecule has 1 aliphatic heterocycles. The molecule has 0 aliphatic carbocycles. The highest BCUT2D eigenvalue weighted by molar-refractivity contribution is 6.07. The van der Waals surface area contributed by atoms with Crippen LogP contribution in [-0.4, -0.2) is 17.5 Å². The van der Waals surface area contributed by atoms with Crippen LogP contribution in [-0.2, 0) is 4.79 Å². The minimum atomic E-state index is -0.183. The van der Waals surface area contributed by atoms with Crippen LogP contribution >= 0.6 is 0 Å². The van der Waals surface area contributed by atoms with Crippen LogP contribution in [0.25, 0.3) is 6.08 Å². The van der Waals surface area contributed by atoms with Crippen molar-refractivity contribution in [1.82, 2.24) is 4.98 Å². The van der Waals surface area contributed by atoms with E-state index in [1.54, 1.807) is 6.07 Å². The zero-order chi connectivity index (χ0) is 13.9. The molecule has 0 radical (unpaired) electrons. The van der Waals surface area contributed by atoms with E-state index < -0.39 is 0 Å². The van der Waals surface area contributed by atoms with Crippen molar-refractivity contribution in [2.45, 2.75) is 6.92 Å². The van der Waals surface area contributed by atoms with Gasteiger partial charge in [0, 0.05) is 11.3 Å². The summed E-state index contributed by atoms with van der Waals surface area (Å²) in [5, 5.41) is 2.78. The highest BCUT2D eigenvalue weighted by Crippen LogP contribution is 2.26. The third kappa shape index (κ3) is 2.54. The summed E-state index contributed by atoms with van der Waals surface area (Å²) in [7, 11) is 0. The molecule has 4 nitrogen and oxygen atoms in total. The first kappa shape index (κ1) is 12.4. The van der Waals surface area contributed by atoms with Gasteiger partial charge in [-0.3, -0.25) is 4.79 Å². The second-order valence-electron chi connectivity index (χ2n) is 4.61. The molecular weight excluding hydrogens is 252 g/mol. The van der Waals surface area contributed by atoms with Gasteiger partial charge in [0.25, 0.3) is 5.91 Å². The SMILES string of the molecule is Cc1cccc(NC(=O)C2=Cc3ccccc3OC2)n1. The molecule has 20 heavy (non-hydrogen) atoms. The monoisotopic (exact) mass is 266 g/mol. The lowest BCUT2D eigenvalue weighted by Crippen LogP contribution is -2.21. The largest absolute Gasteiger partial charge is 0.488 e. The number of aryl methyl sites for hydroxylation is 1. The Morgan fingerprint density at radius 1 is 1.20 bits per heavy atom. The fraction of sp³-hybridized carbons (Fsp3) is 0.125. The summed E-state index contributed by atoms with van der Waals surface area (Å²) in [6.45, 7) is 2.16. The van der Waals surface area contributed by atoms with Crippen LogP contribution < -0.4 is 10.1 Å². The first-order valence-electron chi connectivity index (χ1n) is 6.40. The summed E-state index contributed by atoms with van der Waals surface area (Å²) in [4.78, 5) is 16.4. The van der Waals surface area contributed by atoms with Gasteiger partial charge in [-0.1, -0.05) is 24.3 Å². The second kappa shape index (κ2) is 5.17. The van der Waals surface area contributed by atoms with E-state index >= 15 is 0 Å². The molecule has 100 valence electrons. The minimum absolute atomic E-state index is 0.183. The number of anilines is 1. The first-order chi connectivity index (χ1) is 9.72. The number of carbonyl (C=O) groups excluding carboxylic acids is 1. The van der Waals surface area contributed by atoms with Crippen molar-refractivity contribution in [3.63, 3.8) is 0 Å². The summed E-state index contributed by atoms with van der Waals surface area (Å²) >= 11 is 0. The topological polar surface area (TPSA) is 51.2 Å². The van der Waals surface area contributed by atoms with Crippen molar-refractivity contribution >= 4 is 17.8 Å². The fourth-order valence-electron chi connectivity index (χ4n) is 2.06. The normalized spacial score (nSPS) is 12.9. The molecule has 2 heterocycles. The van der Waals surface area contributed by atoms with Crippen LogP contribution in [0, 0.1) is 6.92 Å². The lowest BCUT2D eigenvalue weighted by atomic mass is 10.1. The molecule has 0 fully saturated rings. The predicted molar refractivity (Wildman–Crippen MR) is 77.5 cm³/mol. The Morgan fingerprint density at radius 3 is 2.90 bits per heavy atom. The van der Waals surface area contributed by atoms with Crippen LogP contribution in [0.5, 0.6) is 5.75 Å². The van der Waals surface area contributed by atoms with Gasteiger partial charge in [-0.2, -0.15) is 0 Å². The number of nitrogens with zero attached hydrogens (tertiary/aromatic N) is 1. The first-order valence-corrected chi connectivity index (χ1v) is 6.40. The molecular formula is C16H14N2O2. The van der Waals surface area contributed by atoms with Crippen LogP contribution in [0.3, 0.4) is 0 Å². The lowest BCUT2D eigenvalue weighted by molar-refractivity contribution is -0.113. The van der Waals surface area contributed by atoms with E-state index in [1.165, 1.54) is 0 Å². The quantitative estimate of drug-likeness (QED) is 0.909. The van der Waals surface area contributed by atoms with E-state index in [-0.39, 0.29) is 12.5 Å². The van der Waals surface area contributed by atoms with Gasteiger partial charge >= 0.3 is 0 Å². The molecule has 1 amide bonds. The predicted octanol–water partition coefficient (Wildman–Crippen LogP) is 2.80. The van der Waals surface area contributed by atoms with E-state index in [0.29, 0.717) is 11.4 Å². The third-order valence-corrected chi connectivity index (χ3v) is 3.05. The number of aromatic nitrogens is 1. The number of hydrogen-bond donors (Lipinski definition) is 1. The summed E-state index contributed by atoms with van der Waals surface area (Å²) in [5.74, 6) is 1.17. The van der Waals surface area contributed by atoms with E-state index in [1.807, 2.05) is 49.4 Å². The van der Waals surface area contributed by atoms with Crippen molar-refractivity contribution in [2.24, 2.45) is 0 Å². The molecule has 0 bridgehead atoms. The van der Waals surface area contributed by atoms with Crippen LogP contribution in [0.2, 0.25) is 0 Å². The highest BCUT2D eigenvalue weighted by atomic mass is 16.5.